The first-order chi connectivity index (χ1) is 11.5. The predicted octanol–water partition coefficient (Wildman–Crippen LogP) is 1.71. The molecule has 2 aliphatic rings. The molecule has 1 spiro atoms. The quantitative estimate of drug-likeness (QED) is 0.845. The number of benzene rings is 1. The van der Waals surface area contributed by atoms with Crippen LogP contribution in [0.5, 0.6) is 0 Å². The summed E-state index contributed by atoms with van der Waals surface area (Å²) in [7, 11) is 0. The number of likely N-dealkylation sites (tertiary alicyclic amines) is 1. The van der Waals surface area contributed by atoms with E-state index in [1.165, 1.54) is 11.8 Å². The minimum Gasteiger partial charge on any atom is -0.347 e. The van der Waals surface area contributed by atoms with Crippen LogP contribution in [0.3, 0.4) is 0 Å². The van der Waals surface area contributed by atoms with E-state index in [4.69, 9.17) is 9.47 Å². The lowest BCUT2D eigenvalue weighted by atomic mass is 10.0. The number of nitrogens with zero attached hydrogens (tertiary/aromatic N) is 2. The molecular formula is C18H24N2O4. The van der Waals surface area contributed by atoms with Crippen LogP contribution in [0.15, 0.2) is 24.3 Å². The van der Waals surface area contributed by atoms with E-state index in [0.717, 1.165) is 11.3 Å². The second-order valence-corrected chi connectivity index (χ2v) is 6.43. The summed E-state index contributed by atoms with van der Waals surface area (Å²) in [5.41, 5.74) is 1.81. The van der Waals surface area contributed by atoms with Crippen molar-refractivity contribution in [2.24, 2.45) is 0 Å². The van der Waals surface area contributed by atoms with Crippen LogP contribution in [0.4, 0.5) is 5.69 Å². The molecule has 0 saturated carbocycles. The molecule has 0 bridgehead atoms. The molecule has 2 heterocycles. The number of aryl methyl sites for hydroxylation is 1. The minimum atomic E-state index is -0.492. The summed E-state index contributed by atoms with van der Waals surface area (Å²) < 4.78 is 11.4. The molecule has 0 radical (unpaired) electrons. The molecule has 0 aromatic heterocycles. The van der Waals surface area contributed by atoms with Gasteiger partial charge in [-0.1, -0.05) is 12.1 Å². The Hall–Kier alpha value is -1.92. The Morgan fingerprint density at radius 1 is 1.21 bits per heavy atom. The van der Waals surface area contributed by atoms with Crippen LogP contribution in [0.2, 0.25) is 0 Å². The number of hydrogen-bond acceptors (Lipinski definition) is 4. The highest BCUT2D eigenvalue weighted by Gasteiger charge is 2.40. The van der Waals surface area contributed by atoms with Crippen molar-refractivity contribution in [2.75, 3.05) is 37.7 Å². The van der Waals surface area contributed by atoms with Gasteiger partial charge >= 0.3 is 0 Å². The zero-order valence-electron chi connectivity index (χ0n) is 14.3. The van der Waals surface area contributed by atoms with Gasteiger partial charge in [0.15, 0.2) is 5.79 Å². The molecule has 0 aliphatic carbocycles. The van der Waals surface area contributed by atoms with Crippen molar-refractivity contribution in [3.05, 3.63) is 29.8 Å². The van der Waals surface area contributed by atoms with Gasteiger partial charge in [0.05, 0.1) is 13.2 Å². The van der Waals surface area contributed by atoms with E-state index < -0.39 is 5.79 Å². The van der Waals surface area contributed by atoms with Crippen molar-refractivity contribution in [1.29, 1.82) is 0 Å². The van der Waals surface area contributed by atoms with Gasteiger partial charge in [-0.25, -0.2) is 0 Å². The number of carbonyl (C=O) groups excluding carboxylic acids is 2. The summed E-state index contributed by atoms with van der Waals surface area (Å²) in [6, 6.07) is 7.63. The fourth-order valence-electron chi connectivity index (χ4n) is 3.30. The Morgan fingerprint density at radius 2 is 1.88 bits per heavy atom. The van der Waals surface area contributed by atoms with Gasteiger partial charge in [0.25, 0.3) is 0 Å². The lowest BCUT2D eigenvalue weighted by Crippen LogP contribution is -2.50. The molecule has 0 atom stereocenters. The first-order valence-electron chi connectivity index (χ1n) is 8.40. The van der Waals surface area contributed by atoms with Gasteiger partial charge in [-0.2, -0.15) is 0 Å². The monoisotopic (exact) mass is 332 g/mol. The number of carbonyl (C=O) groups is 2. The Balaban J connectivity index is 1.63. The Morgan fingerprint density at radius 3 is 2.46 bits per heavy atom. The molecular weight excluding hydrogens is 308 g/mol. The lowest BCUT2D eigenvalue weighted by Gasteiger charge is -2.38. The van der Waals surface area contributed by atoms with Gasteiger partial charge in [-0.05, 0) is 24.6 Å². The molecule has 2 saturated heterocycles. The van der Waals surface area contributed by atoms with Crippen molar-refractivity contribution in [2.45, 2.75) is 32.5 Å². The largest absolute Gasteiger partial charge is 0.347 e. The van der Waals surface area contributed by atoms with Crippen LogP contribution in [-0.2, 0) is 19.1 Å². The van der Waals surface area contributed by atoms with E-state index in [0.29, 0.717) is 39.1 Å². The Labute approximate surface area is 142 Å². The number of piperidine rings is 1. The van der Waals surface area contributed by atoms with Crippen LogP contribution in [0.1, 0.15) is 25.3 Å². The fourth-order valence-corrected chi connectivity index (χ4v) is 3.30. The average Bonchev–Trinajstić information content (AvgIpc) is 3.01. The first-order valence-corrected chi connectivity index (χ1v) is 8.40. The van der Waals surface area contributed by atoms with Gasteiger partial charge in [-0.15, -0.1) is 0 Å². The zero-order valence-corrected chi connectivity index (χ0v) is 14.3. The number of anilines is 1. The third-order valence-electron chi connectivity index (χ3n) is 4.68. The third kappa shape index (κ3) is 3.60. The summed E-state index contributed by atoms with van der Waals surface area (Å²) in [4.78, 5) is 27.9. The van der Waals surface area contributed by atoms with E-state index in [2.05, 4.69) is 0 Å². The van der Waals surface area contributed by atoms with Gasteiger partial charge in [0, 0.05) is 38.5 Å². The van der Waals surface area contributed by atoms with E-state index in [9.17, 15) is 9.59 Å². The normalized spacial score (nSPS) is 19.5. The maximum absolute atomic E-state index is 12.6. The molecule has 1 aromatic carbocycles. The van der Waals surface area contributed by atoms with Crippen LogP contribution in [-0.4, -0.2) is 55.3 Å². The average molecular weight is 332 g/mol. The van der Waals surface area contributed by atoms with E-state index in [-0.39, 0.29) is 18.4 Å². The van der Waals surface area contributed by atoms with Gasteiger partial charge in [0.1, 0.15) is 6.54 Å². The molecule has 1 aromatic rings. The molecule has 2 fully saturated rings. The fraction of sp³-hybridized carbons (Fsp3) is 0.556. The molecule has 2 aliphatic heterocycles. The summed E-state index contributed by atoms with van der Waals surface area (Å²) in [6.45, 7) is 5.96. The van der Waals surface area contributed by atoms with Gasteiger partial charge in [-0.3, -0.25) is 9.59 Å². The van der Waals surface area contributed by atoms with Crippen LogP contribution in [0.25, 0.3) is 0 Å². The Bertz CT molecular complexity index is 615. The third-order valence-corrected chi connectivity index (χ3v) is 4.68. The predicted molar refractivity (Wildman–Crippen MR) is 89.7 cm³/mol. The highest BCUT2D eigenvalue weighted by Crippen LogP contribution is 2.31. The number of ether oxygens (including phenoxy) is 2. The molecule has 0 N–H and O–H groups in total. The number of rotatable bonds is 3. The summed E-state index contributed by atoms with van der Waals surface area (Å²) >= 11 is 0. The smallest absolute Gasteiger partial charge is 0.242 e. The first kappa shape index (κ1) is 16.9. The molecule has 6 nitrogen and oxygen atoms in total. The summed E-state index contributed by atoms with van der Waals surface area (Å²) in [5.74, 6) is -0.669. The molecule has 3 rings (SSSR count). The van der Waals surface area contributed by atoms with Crippen molar-refractivity contribution in [3.63, 3.8) is 0 Å². The van der Waals surface area contributed by atoms with Crippen LogP contribution < -0.4 is 4.90 Å². The molecule has 130 valence electrons. The maximum atomic E-state index is 12.6. The summed E-state index contributed by atoms with van der Waals surface area (Å²) in [6.07, 6.45) is 1.37. The number of hydrogen-bond donors (Lipinski definition) is 0. The standard InChI is InChI=1S/C18H24N2O4/c1-14-4-3-5-16(12-14)20(15(2)21)13-17(22)19-8-6-18(7-9-19)23-10-11-24-18/h3-5,12H,6-11,13H2,1-2H3. The topological polar surface area (TPSA) is 59.1 Å². The van der Waals surface area contributed by atoms with Crippen molar-refractivity contribution in [1.82, 2.24) is 4.90 Å². The van der Waals surface area contributed by atoms with Crippen molar-refractivity contribution < 1.29 is 19.1 Å². The van der Waals surface area contributed by atoms with Crippen LogP contribution >= 0.6 is 0 Å². The highest BCUT2D eigenvalue weighted by atomic mass is 16.7. The molecule has 0 unspecified atom stereocenters. The molecule has 24 heavy (non-hydrogen) atoms. The van der Waals surface area contributed by atoms with E-state index in [1.807, 2.05) is 31.2 Å². The van der Waals surface area contributed by atoms with Crippen molar-refractivity contribution >= 4 is 17.5 Å². The van der Waals surface area contributed by atoms with E-state index >= 15 is 0 Å². The van der Waals surface area contributed by atoms with Crippen LogP contribution in [0, 0.1) is 6.92 Å². The van der Waals surface area contributed by atoms with E-state index in [1.54, 1.807) is 4.90 Å². The van der Waals surface area contributed by atoms with Crippen molar-refractivity contribution in [3.8, 4) is 0 Å². The number of amides is 2. The Kier molecular flexibility index (Phi) is 4.87. The minimum absolute atomic E-state index is 0.0421. The zero-order chi connectivity index (χ0) is 17.2. The van der Waals surface area contributed by atoms with Gasteiger partial charge in [0.2, 0.25) is 11.8 Å². The summed E-state index contributed by atoms with van der Waals surface area (Å²) in [5, 5.41) is 0. The molecule has 2 amide bonds. The lowest BCUT2D eigenvalue weighted by molar-refractivity contribution is -0.187. The second-order valence-electron chi connectivity index (χ2n) is 6.43. The molecule has 6 heteroatoms. The highest BCUT2D eigenvalue weighted by molar-refractivity contribution is 5.97. The second kappa shape index (κ2) is 6.91. The van der Waals surface area contributed by atoms with Gasteiger partial charge < -0.3 is 19.3 Å². The SMILES string of the molecule is CC(=O)N(CC(=O)N1CCC2(CC1)OCCO2)c1cccc(C)c1. The maximum Gasteiger partial charge on any atom is 0.242 e.